The maximum Gasteiger partial charge on any atom is 0.274 e. The molecule has 49 heavy (non-hydrogen) atoms. The van der Waals surface area contributed by atoms with Gasteiger partial charge in [-0.3, -0.25) is 19.1 Å². The van der Waals surface area contributed by atoms with Gasteiger partial charge >= 0.3 is 0 Å². The third-order valence-electron chi connectivity index (χ3n) is 10.2. The van der Waals surface area contributed by atoms with E-state index in [4.69, 9.17) is 9.47 Å². The Morgan fingerprint density at radius 2 is 1.78 bits per heavy atom. The Morgan fingerprint density at radius 1 is 1.02 bits per heavy atom. The van der Waals surface area contributed by atoms with Gasteiger partial charge in [0.1, 0.15) is 29.5 Å². The predicted octanol–water partition coefficient (Wildman–Crippen LogP) is 4.36. The number of carbonyl (C=O) groups excluding carboxylic acids is 3. The summed E-state index contributed by atoms with van der Waals surface area (Å²) in [6.45, 7) is 0.155. The van der Waals surface area contributed by atoms with E-state index >= 15 is 0 Å². The molecule has 4 fully saturated rings. The number of nitrogens with zero attached hydrogens (tertiary/aromatic N) is 2. The summed E-state index contributed by atoms with van der Waals surface area (Å²) in [5.41, 5.74) is 0.231. The van der Waals surface area contributed by atoms with Crippen LogP contribution in [0.25, 0.3) is 10.2 Å². The first-order valence-corrected chi connectivity index (χ1v) is 19.6. The maximum atomic E-state index is 14.4. The molecule has 0 unspecified atom stereocenters. The zero-order valence-electron chi connectivity index (χ0n) is 27.6. The van der Waals surface area contributed by atoms with E-state index in [2.05, 4.69) is 20.3 Å². The Kier molecular flexibility index (Phi) is 9.44. The van der Waals surface area contributed by atoms with Crippen LogP contribution in [0.1, 0.15) is 70.6 Å². The molecule has 3 aromatic rings. The van der Waals surface area contributed by atoms with Gasteiger partial charge in [0.15, 0.2) is 0 Å². The minimum atomic E-state index is -3.81. The SMILES string of the molecule is COc1ccc2nc(O[C@@H]3C[C@H]4C(=O)N[C@]5(C(=O)NS(=O)(=O)C6CC6)C[C@H]5CCCCCCC[C@H](Nc5ccccc5)C(=O)N4C3)sc2c1. The van der Waals surface area contributed by atoms with Crippen LogP contribution in [0.4, 0.5) is 5.69 Å². The molecule has 0 radical (unpaired) electrons. The molecule has 5 atom stereocenters. The molecule has 3 heterocycles. The van der Waals surface area contributed by atoms with Gasteiger partial charge in [0.2, 0.25) is 21.8 Å². The van der Waals surface area contributed by atoms with E-state index in [1.54, 1.807) is 12.0 Å². The molecular formula is C35H43N5O7S2. The number of thiazole rings is 1. The molecule has 0 spiro atoms. The highest BCUT2D eigenvalue weighted by Gasteiger charge is 2.62. The lowest BCUT2D eigenvalue weighted by Gasteiger charge is -2.30. The molecule has 2 aromatic carbocycles. The molecular weight excluding hydrogens is 667 g/mol. The van der Waals surface area contributed by atoms with E-state index in [1.807, 2.05) is 48.5 Å². The molecule has 14 heteroatoms. The van der Waals surface area contributed by atoms with Crippen LogP contribution in [0.3, 0.4) is 0 Å². The molecule has 4 aliphatic rings. The lowest BCUT2D eigenvalue weighted by Crippen LogP contribution is -2.57. The summed E-state index contributed by atoms with van der Waals surface area (Å²) in [5, 5.41) is 6.25. The molecule has 0 bridgehead atoms. The fourth-order valence-corrected chi connectivity index (χ4v) is 9.47. The number of hydrogen-bond donors (Lipinski definition) is 3. The number of fused-ring (bicyclic) bond motifs is 3. The summed E-state index contributed by atoms with van der Waals surface area (Å²) >= 11 is 1.36. The second kappa shape index (κ2) is 13.8. The van der Waals surface area contributed by atoms with E-state index in [0.29, 0.717) is 43.0 Å². The Labute approximate surface area is 290 Å². The smallest absolute Gasteiger partial charge is 0.274 e. The normalized spacial score (nSPS) is 28.0. The van der Waals surface area contributed by atoms with Gasteiger partial charge < -0.3 is 25.0 Å². The van der Waals surface area contributed by atoms with Gasteiger partial charge in [0.05, 0.1) is 29.1 Å². The molecule has 2 aliphatic heterocycles. The van der Waals surface area contributed by atoms with Crippen LogP contribution in [0, 0.1) is 5.92 Å². The first kappa shape index (κ1) is 33.6. The summed E-state index contributed by atoms with van der Waals surface area (Å²) in [5.74, 6) is -0.862. The van der Waals surface area contributed by atoms with Gasteiger partial charge in [-0.1, -0.05) is 61.6 Å². The van der Waals surface area contributed by atoms with Crippen LogP contribution < -0.4 is 24.8 Å². The first-order chi connectivity index (χ1) is 23.6. The summed E-state index contributed by atoms with van der Waals surface area (Å²) in [6.07, 6.45) is 6.96. The number of amides is 3. The van der Waals surface area contributed by atoms with Crippen molar-refractivity contribution in [2.45, 2.75) is 99.6 Å². The van der Waals surface area contributed by atoms with E-state index in [0.717, 1.165) is 48.0 Å². The zero-order chi connectivity index (χ0) is 34.2. The van der Waals surface area contributed by atoms with Crippen molar-refractivity contribution >= 4 is 55.0 Å². The number of benzene rings is 2. The molecule has 3 amide bonds. The van der Waals surface area contributed by atoms with Crippen LogP contribution >= 0.6 is 11.3 Å². The standard InChI is InChI=1S/C35H43N5O7S2/c1-46-24-14-17-27-30(19-24)48-34(37-27)47-25-18-29-31(41)38-35(33(43)39-49(44,45)26-15-16-26)20-22(35)10-6-3-2-4-9-13-28(32(42)40(29)21-25)36-23-11-7-5-8-12-23/h5,7-8,11-12,14,17,19,22,25-26,28-29,36H,2-4,6,9-10,13,15-16,18,20-21H2,1H3,(H,38,41)(H,39,43)/t22-,25-,28+,29+,35-/m1/s1. The highest BCUT2D eigenvalue weighted by Crippen LogP contribution is 2.48. The van der Waals surface area contributed by atoms with Crippen molar-refractivity contribution in [1.29, 1.82) is 0 Å². The van der Waals surface area contributed by atoms with Crippen molar-refractivity contribution in [3.05, 3.63) is 48.5 Å². The van der Waals surface area contributed by atoms with Gasteiger partial charge in [0.25, 0.3) is 11.1 Å². The number of para-hydroxylation sites is 1. The first-order valence-electron chi connectivity index (χ1n) is 17.3. The minimum Gasteiger partial charge on any atom is -0.497 e. The van der Waals surface area contributed by atoms with Crippen molar-refractivity contribution in [2.75, 3.05) is 19.0 Å². The quantitative estimate of drug-likeness (QED) is 0.309. The molecule has 1 aromatic heterocycles. The van der Waals surface area contributed by atoms with E-state index in [-0.39, 0.29) is 24.8 Å². The number of rotatable bonds is 8. The average molecular weight is 710 g/mol. The summed E-state index contributed by atoms with van der Waals surface area (Å²) < 4.78 is 40.4. The number of methoxy groups -OCH3 is 1. The average Bonchev–Trinajstić information content (AvgIpc) is 3.98. The molecule has 2 saturated carbocycles. The Bertz CT molecular complexity index is 1810. The number of ether oxygens (including phenoxy) is 2. The molecule has 7 rings (SSSR count). The van der Waals surface area contributed by atoms with Crippen LogP contribution in [0.5, 0.6) is 10.9 Å². The second-order valence-corrected chi connectivity index (χ2v) is 16.7. The monoisotopic (exact) mass is 709 g/mol. The molecule has 2 aliphatic carbocycles. The summed E-state index contributed by atoms with van der Waals surface area (Å²) in [7, 11) is -2.21. The number of hydrogen-bond acceptors (Lipinski definition) is 10. The minimum absolute atomic E-state index is 0.155. The van der Waals surface area contributed by atoms with E-state index < -0.39 is 50.8 Å². The van der Waals surface area contributed by atoms with Crippen molar-refractivity contribution < 1.29 is 32.3 Å². The predicted molar refractivity (Wildman–Crippen MR) is 186 cm³/mol. The third kappa shape index (κ3) is 7.35. The second-order valence-electron chi connectivity index (χ2n) is 13.7. The molecule has 262 valence electrons. The summed E-state index contributed by atoms with van der Waals surface area (Å²) in [4.78, 5) is 48.6. The van der Waals surface area contributed by atoms with E-state index in [1.165, 1.54) is 11.3 Å². The van der Waals surface area contributed by atoms with Gasteiger partial charge in [-0.2, -0.15) is 0 Å². The van der Waals surface area contributed by atoms with Gasteiger partial charge in [-0.15, -0.1) is 0 Å². The zero-order valence-corrected chi connectivity index (χ0v) is 29.2. The van der Waals surface area contributed by atoms with E-state index in [9.17, 15) is 22.8 Å². The highest BCUT2D eigenvalue weighted by molar-refractivity contribution is 7.91. The third-order valence-corrected chi connectivity index (χ3v) is 12.9. The van der Waals surface area contributed by atoms with Crippen molar-refractivity contribution in [1.82, 2.24) is 19.9 Å². The fraction of sp³-hybridized carbons (Fsp3) is 0.543. The largest absolute Gasteiger partial charge is 0.497 e. The number of nitrogens with one attached hydrogen (secondary N) is 3. The molecule has 12 nitrogen and oxygen atoms in total. The van der Waals surface area contributed by atoms with Gasteiger partial charge in [0, 0.05) is 12.1 Å². The van der Waals surface area contributed by atoms with Crippen LogP contribution in [-0.2, 0) is 24.4 Å². The Morgan fingerprint density at radius 3 is 2.53 bits per heavy atom. The Hall–Kier alpha value is -3.91. The highest BCUT2D eigenvalue weighted by atomic mass is 32.2. The lowest BCUT2D eigenvalue weighted by atomic mass is 10.0. The number of sulfonamides is 1. The fourth-order valence-electron chi connectivity index (χ4n) is 7.19. The van der Waals surface area contributed by atoms with Gasteiger partial charge in [-0.05, 0) is 68.4 Å². The molecule has 3 N–H and O–H groups in total. The Balaban J connectivity index is 1.17. The van der Waals surface area contributed by atoms with Crippen LogP contribution in [0.15, 0.2) is 48.5 Å². The van der Waals surface area contributed by atoms with Crippen molar-refractivity contribution in [3.63, 3.8) is 0 Å². The van der Waals surface area contributed by atoms with Crippen LogP contribution in [-0.4, -0.2) is 78.7 Å². The van der Waals surface area contributed by atoms with Crippen molar-refractivity contribution in [2.24, 2.45) is 5.92 Å². The number of carbonyl (C=O) groups is 3. The molecule has 2 saturated heterocycles. The topological polar surface area (TPSA) is 156 Å². The number of aromatic nitrogens is 1. The van der Waals surface area contributed by atoms with Crippen LogP contribution in [0.2, 0.25) is 0 Å². The van der Waals surface area contributed by atoms with Crippen molar-refractivity contribution in [3.8, 4) is 10.9 Å². The maximum absolute atomic E-state index is 14.4. The summed E-state index contributed by atoms with van der Waals surface area (Å²) in [6, 6.07) is 13.6. The number of anilines is 1. The van der Waals surface area contributed by atoms with Gasteiger partial charge in [-0.25, -0.2) is 13.4 Å². The lowest BCUT2D eigenvalue weighted by molar-refractivity contribution is -0.140.